The van der Waals surface area contributed by atoms with Gasteiger partial charge in [0.05, 0.1) is 0 Å². The van der Waals surface area contributed by atoms with Gasteiger partial charge in [-0.1, -0.05) is 0 Å². The molecule has 13 heavy (non-hydrogen) atoms. The van der Waals surface area contributed by atoms with E-state index in [9.17, 15) is 0 Å². The van der Waals surface area contributed by atoms with Crippen molar-refractivity contribution in [1.82, 2.24) is 4.90 Å². The first-order valence-corrected chi connectivity index (χ1v) is 5.59. The first-order chi connectivity index (χ1) is 5.79. The van der Waals surface area contributed by atoms with E-state index in [4.69, 9.17) is 5.11 Å². The van der Waals surface area contributed by atoms with Crippen molar-refractivity contribution in [3.8, 4) is 0 Å². The Balaban J connectivity index is 4.80. The third kappa shape index (κ3) is 4.54. The van der Waals surface area contributed by atoms with Gasteiger partial charge in [0.2, 0.25) is 0 Å². The van der Waals surface area contributed by atoms with Crippen molar-refractivity contribution in [1.29, 1.82) is 0 Å². The minimum absolute atomic E-state index is 0.00706. The van der Waals surface area contributed by atoms with Crippen LogP contribution in [0, 0.1) is 0 Å². The molecule has 0 amide bonds. The van der Waals surface area contributed by atoms with Crippen LogP contribution in [0.25, 0.3) is 0 Å². The molecule has 0 aromatic carbocycles. The average Bonchev–Trinajstić information content (AvgIpc) is 1.82. The number of aliphatic hydroxyl groups is 1. The predicted molar refractivity (Wildman–Crippen MR) is 52.5 cm³/mol. The summed E-state index contributed by atoms with van der Waals surface area (Å²) < 4.78 is 0.397. The van der Waals surface area contributed by atoms with Gasteiger partial charge >= 0.3 is 91.2 Å². The molecule has 0 atom stereocenters. The molecule has 0 aromatic heterocycles. The third-order valence-electron chi connectivity index (χ3n) is 1.62. The molecule has 0 saturated carbocycles. The number of allylic oxidation sites excluding steroid dienone is 1. The molecule has 2 nitrogen and oxygen atoms in total. The summed E-state index contributed by atoms with van der Waals surface area (Å²) in [6, 6.07) is 0. The molecule has 0 aromatic rings. The molecular weight excluding hydrogens is 334 g/mol. The summed E-state index contributed by atoms with van der Waals surface area (Å²) in [4.78, 5) is 2.03. The van der Waals surface area contributed by atoms with Gasteiger partial charge < -0.3 is 0 Å². The monoisotopic (exact) mass is 351 g/mol. The molecule has 0 bridgehead atoms. The minimum atomic E-state index is 0.00706. The van der Waals surface area contributed by atoms with E-state index in [1.54, 1.807) is 12.3 Å². The number of hydrogen-bond donors (Lipinski definition) is 1. The third-order valence-corrected chi connectivity index (χ3v) is 2.04. The fraction of sp³-hybridized carbons (Fsp3) is 0.500. The van der Waals surface area contributed by atoms with Crippen molar-refractivity contribution in [2.24, 2.45) is 0 Å². The van der Waals surface area contributed by atoms with E-state index in [0.717, 1.165) is 25.1 Å². The van der Waals surface area contributed by atoms with E-state index in [1.807, 2.05) is 11.8 Å². The van der Waals surface area contributed by atoms with Crippen molar-refractivity contribution < 1.29 is 24.5 Å². The van der Waals surface area contributed by atoms with Gasteiger partial charge in [-0.25, -0.2) is 0 Å². The summed E-state index contributed by atoms with van der Waals surface area (Å²) in [5.74, 6) is 0. The van der Waals surface area contributed by atoms with E-state index in [-0.39, 0.29) is 5.54 Å². The number of rotatable bonds is 3. The van der Waals surface area contributed by atoms with Crippen LogP contribution in [0.15, 0.2) is 24.6 Å². The molecule has 74 valence electrons. The Morgan fingerprint density at radius 1 is 1.46 bits per heavy atom. The van der Waals surface area contributed by atoms with E-state index in [1.165, 1.54) is 0 Å². The first-order valence-electron chi connectivity index (χ1n) is 4.12. The zero-order valence-electron chi connectivity index (χ0n) is 8.66. The Labute approximate surface area is 91.4 Å². The molecule has 0 aliphatic carbocycles. The Kier molecular flexibility index (Phi) is 4.80. The summed E-state index contributed by atoms with van der Waals surface area (Å²) in [7, 11) is 0. The normalized spacial score (nSPS) is 12.5. The van der Waals surface area contributed by atoms with Gasteiger partial charge in [0.15, 0.2) is 0 Å². The quantitative estimate of drug-likeness (QED) is 0.843. The van der Waals surface area contributed by atoms with Crippen LogP contribution in [0.2, 0.25) is 0 Å². The summed E-state index contributed by atoms with van der Waals surface area (Å²) in [6.45, 7) is 12.0. The van der Waals surface area contributed by atoms with Gasteiger partial charge in [-0.2, -0.15) is 0 Å². The molecule has 0 fully saturated rings. The Bertz CT molecular complexity index is 238. The molecule has 1 N–H and O–H groups in total. The van der Waals surface area contributed by atoms with Crippen LogP contribution in [0.5, 0.6) is 0 Å². The van der Waals surface area contributed by atoms with Gasteiger partial charge in [0.25, 0.3) is 0 Å². The van der Waals surface area contributed by atoms with Crippen molar-refractivity contribution in [2.45, 2.75) is 33.2 Å². The van der Waals surface area contributed by atoms with Crippen molar-refractivity contribution >= 4 is 4.08 Å². The van der Waals surface area contributed by atoms with E-state index in [2.05, 4.69) is 27.4 Å². The van der Waals surface area contributed by atoms with Gasteiger partial charge in [0.1, 0.15) is 0 Å². The van der Waals surface area contributed by atoms with Crippen molar-refractivity contribution in [3.05, 3.63) is 24.6 Å². The van der Waals surface area contributed by atoms with Crippen LogP contribution in [0.4, 0.5) is 0 Å². The summed E-state index contributed by atoms with van der Waals surface area (Å²) in [5.41, 5.74) is 1.02. The molecule has 3 heteroatoms. The molecule has 0 radical (unpaired) electrons. The number of aliphatic hydroxyl groups excluding tert-OH is 1. The second-order valence-corrected chi connectivity index (χ2v) is 5.35. The second kappa shape index (κ2) is 4.88. The molecule has 0 saturated heterocycles. The predicted octanol–water partition coefficient (Wildman–Crippen LogP) is 2.18. The van der Waals surface area contributed by atoms with E-state index in [0.29, 0.717) is 4.08 Å². The standard InChI is InChI=1S/C10H17NO.W/c1-6-11(10(3,4)5)9(2)7-8-12;/h6-7,12H,1H2,2-5H3;/b9-7-;. The molecule has 0 heterocycles. The van der Waals surface area contributed by atoms with Gasteiger partial charge in [0, 0.05) is 0 Å². The fourth-order valence-electron chi connectivity index (χ4n) is 1.20. The summed E-state index contributed by atoms with van der Waals surface area (Å²) in [5, 5.41) is 9.15. The Hall–Kier alpha value is -0.202. The van der Waals surface area contributed by atoms with Crippen LogP contribution >= 0.6 is 0 Å². The molecular formula is C10H17NOW. The van der Waals surface area contributed by atoms with Crippen LogP contribution in [-0.2, 0) is 19.4 Å². The summed E-state index contributed by atoms with van der Waals surface area (Å²) in [6.07, 6.45) is 3.55. The van der Waals surface area contributed by atoms with Crippen LogP contribution in [-0.4, -0.2) is 19.6 Å². The molecule has 0 spiro atoms. The SMILES string of the molecule is C=CN(/C(C)=C\[C](O)=[W])C(C)(C)C. The maximum atomic E-state index is 9.15. The van der Waals surface area contributed by atoms with Crippen molar-refractivity contribution in [3.63, 3.8) is 0 Å². The fourth-order valence-corrected chi connectivity index (χ4v) is 1.81. The zero-order chi connectivity index (χ0) is 10.6. The number of nitrogens with zero attached hydrogens (tertiary/aromatic N) is 1. The first kappa shape index (κ1) is 12.8. The molecule has 0 unspecified atom stereocenters. The molecule has 0 aliphatic heterocycles. The summed E-state index contributed by atoms with van der Waals surface area (Å²) >= 11 is 1.08. The van der Waals surface area contributed by atoms with Gasteiger partial charge in [-0.3, -0.25) is 0 Å². The average molecular weight is 351 g/mol. The zero-order valence-corrected chi connectivity index (χ0v) is 11.6. The molecule has 0 aliphatic rings. The van der Waals surface area contributed by atoms with Gasteiger partial charge in [-0.15, -0.1) is 0 Å². The number of hydrogen-bond acceptors (Lipinski definition) is 2. The Morgan fingerprint density at radius 2 is 1.92 bits per heavy atom. The second-order valence-electron chi connectivity index (χ2n) is 3.85. The Morgan fingerprint density at radius 3 is 2.15 bits per heavy atom. The van der Waals surface area contributed by atoms with E-state index >= 15 is 0 Å². The van der Waals surface area contributed by atoms with Crippen LogP contribution < -0.4 is 0 Å². The van der Waals surface area contributed by atoms with Crippen LogP contribution in [0.3, 0.4) is 0 Å². The maximum absolute atomic E-state index is 9.15. The van der Waals surface area contributed by atoms with Gasteiger partial charge in [-0.05, 0) is 0 Å². The molecule has 0 rings (SSSR count). The van der Waals surface area contributed by atoms with E-state index < -0.39 is 0 Å². The van der Waals surface area contributed by atoms with Crippen molar-refractivity contribution in [2.75, 3.05) is 0 Å². The van der Waals surface area contributed by atoms with Crippen LogP contribution in [0.1, 0.15) is 27.7 Å². The topological polar surface area (TPSA) is 23.5 Å².